The molecule has 0 spiro atoms. The molecule has 11 rings (SSSR count). The average Bonchev–Trinajstić information content (AvgIpc) is 3.89. The number of allylic oxidation sites excluding steroid dienone is 1. The Hall–Kier alpha value is -7.20. The van der Waals surface area contributed by atoms with Gasteiger partial charge in [-0.2, -0.15) is 0 Å². The van der Waals surface area contributed by atoms with Crippen molar-refractivity contribution in [2.75, 3.05) is 4.90 Å². The number of hydrogen-bond acceptors (Lipinski definition) is 2. The Kier molecular flexibility index (Phi) is 11.3. The van der Waals surface area contributed by atoms with Crippen LogP contribution in [0.15, 0.2) is 213 Å². The molecule has 296 valence electrons. The van der Waals surface area contributed by atoms with Gasteiger partial charge in [0.1, 0.15) is 0 Å². The first kappa shape index (κ1) is 39.3. The molecule has 0 saturated heterocycles. The molecule has 0 saturated carbocycles. The number of aromatic nitrogens is 1. The summed E-state index contributed by atoms with van der Waals surface area (Å²) >= 11 is 1.92. The van der Waals surface area contributed by atoms with Gasteiger partial charge >= 0.3 is 0 Å². The van der Waals surface area contributed by atoms with Crippen LogP contribution in [0.2, 0.25) is 0 Å². The number of rotatable bonds is 7. The molecule has 2 nitrogen and oxygen atoms in total. The maximum atomic E-state index is 3.00. The Labute approximate surface area is 363 Å². The van der Waals surface area contributed by atoms with Crippen LogP contribution in [-0.2, 0) is 6.42 Å². The highest BCUT2D eigenvalue weighted by molar-refractivity contribution is 7.20. The molecule has 0 bridgehead atoms. The summed E-state index contributed by atoms with van der Waals surface area (Å²) in [6.07, 6.45) is 4.51. The quantitative estimate of drug-likeness (QED) is 0.146. The summed E-state index contributed by atoms with van der Waals surface area (Å²) < 4.78 is 3.89. The van der Waals surface area contributed by atoms with Gasteiger partial charge in [-0.15, -0.1) is 24.5 Å². The molecule has 1 aliphatic carbocycles. The fourth-order valence-corrected chi connectivity index (χ4v) is 10.2. The fourth-order valence-electron chi connectivity index (χ4n) is 8.98. The second-order valence-corrected chi connectivity index (χ2v) is 15.9. The largest absolute Gasteiger partial charge is 0.313 e. The minimum atomic E-state index is 1.00. The Morgan fingerprint density at radius 3 is 1.77 bits per heavy atom. The number of fused-ring (bicyclic) bond motifs is 6. The van der Waals surface area contributed by atoms with E-state index in [1.807, 2.05) is 25.2 Å². The van der Waals surface area contributed by atoms with Crippen molar-refractivity contribution in [1.82, 2.24) is 4.57 Å². The first-order valence-electron chi connectivity index (χ1n) is 21.2. The monoisotopic (exact) mass is 804 g/mol. The van der Waals surface area contributed by atoms with Crippen LogP contribution in [0.3, 0.4) is 0 Å². The molecule has 0 fully saturated rings. The van der Waals surface area contributed by atoms with E-state index in [-0.39, 0.29) is 0 Å². The van der Waals surface area contributed by atoms with E-state index in [2.05, 4.69) is 229 Å². The van der Waals surface area contributed by atoms with Crippen molar-refractivity contribution in [2.45, 2.75) is 26.7 Å². The van der Waals surface area contributed by atoms with E-state index in [0.29, 0.717) is 0 Å². The van der Waals surface area contributed by atoms with Crippen molar-refractivity contribution in [3.05, 3.63) is 224 Å². The summed E-state index contributed by atoms with van der Waals surface area (Å²) in [4.78, 5) is 3.83. The van der Waals surface area contributed by atoms with Crippen LogP contribution in [-0.4, -0.2) is 4.57 Å². The van der Waals surface area contributed by atoms with Crippen molar-refractivity contribution < 1.29 is 0 Å². The van der Waals surface area contributed by atoms with Gasteiger partial charge in [-0.05, 0) is 101 Å². The number of hydrogen-bond donors (Lipinski definition) is 0. The van der Waals surface area contributed by atoms with E-state index in [1.165, 1.54) is 81.4 Å². The van der Waals surface area contributed by atoms with Gasteiger partial charge in [0.15, 0.2) is 0 Å². The summed E-state index contributed by atoms with van der Waals surface area (Å²) in [6.45, 7) is 10.0. The first-order chi connectivity index (χ1) is 30.3. The third-order valence-electron chi connectivity index (χ3n) is 11.5. The molecule has 0 N–H and O–H groups in total. The molecule has 0 radical (unpaired) electrons. The van der Waals surface area contributed by atoms with Crippen molar-refractivity contribution in [3.63, 3.8) is 0 Å². The van der Waals surface area contributed by atoms with Crippen LogP contribution in [0, 0.1) is 0 Å². The van der Waals surface area contributed by atoms with Crippen molar-refractivity contribution in [1.29, 1.82) is 0 Å². The number of benzene rings is 8. The smallest absolute Gasteiger partial charge is 0.0540 e. The zero-order valence-electron chi connectivity index (χ0n) is 34.8. The maximum absolute atomic E-state index is 3.00. The first-order valence-corrected chi connectivity index (χ1v) is 22.0. The van der Waals surface area contributed by atoms with Gasteiger partial charge in [-0.25, -0.2) is 0 Å². The van der Waals surface area contributed by atoms with E-state index >= 15 is 0 Å². The normalized spacial score (nSPS) is 11.9. The van der Waals surface area contributed by atoms with Gasteiger partial charge in [0.05, 0.1) is 22.4 Å². The number of nitrogens with zero attached hydrogens (tertiary/aromatic N) is 2. The number of aryl methyl sites for hydroxylation is 1. The minimum Gasteiger partial charge on any atom is -0.313 e. The Balaban J connectivity index is 0.00000116. The summed E-state index contributed by atoms with van der Waals surface area (Å²) in [6, 6.07) is 72.9. The number of para-hydroxylation sites is 4. The lowest BCUT2D eigenvalue weighted by Crippen LogP contribution is -2.12. The highest BCUT2D eigenvalue weighted by Gasteiger charge is 2.24. The highest BCUT2D eigenvalue weighted by atomic mass is 32.1. The number of anilines is 3. The van der Waals surface area contributed by atoms with Crippen molar-refractivity contribution in [2.24, 2.45) is 0 Å². The lowest BCUT2D eigenvalue weighted by molar-refractivity contribution is 0.961. The fraction of sp³-hybridized carbons (Fsp3) is 0.0690. The van der Waals surface area contributed by atoms with Gasteiger partial charge in [-0.3, -0.25) is 0 Å². The van der Waals surface area contributed by atoms with E-state index in [0.717, 1.165) is 29.9 Å². The molecule has 2 heterocycles. The third-order valence-corrected chi connectivity index (χ3v) is 12.7. The molecule has 1 aliphatic rings. The van der Waals surface area contributed by atoms with Gasteiger partial charge in [0.2, 0.25) is 0 Å². The molecule has 2 aromatic heterocycles. The topological polar surface area (TPSA) is 8.17 Å². The van der Waals surface area contributed by atoms with E-state index in [9.17, 15) is 0 Å². The SMILES string of the molecule is C1=C(n2c3ccccc3c3cc(-c4ccccc4N(c4ccccc4)c4ccccc4-c4ccccc4-c4ccccc4)ccc32)CCc2c1sc1ccccc21.C=C.CC. The van der Waals surface area contributed by atoms with Crippen LogP contribution < -0.4 is 4.90 Å². The third kappa shape index (κ3) is 7.18. The Morgan fingerprint density at radius 1 is 0.459 bits per heavy atom. The minimum absolute atomic E-state index is 1.00. The predicted molar refractivity (Wildman–Crippen MR) is 267 cm³/mol. The van der Waals surface area contributed by atoms with Gasteiger partial charge in [-0.1, -0.05) is 166 Å². The summed E-state index contributed by atoms with van der Waals surface area (Å²) in [7, 11) is 0. The molecule has 3 heteroatoms. The summed E-state index contributed by atoms with van der Waals surface area (Å²) in [5, 5.41) is 3.95. The lowest BCUT2D eigenvalue weighted by Gasteiger charge is -2.30. The average molecular weight is 805 g/mol. The molecule has 0 unspecified atom stereocenters. The molecule has 8 aromatic carbocycles. The Bertz CT molecular complexity index is 3150. The molecule has 0 amide bonds. The van der Waals surface area contributed by atoms with Gasteiger partial charge in [0, 0.05) is 42.9 Å². The molecule has 0 atom stereocenters. The molecule has 10 aromatic rings. The zero-order chi connectivity index (χ0) is 41.7. The molecule has 0 aliphatic heterocycles. The van der Waals surface area contributed by atoms with Crippen LogP contribution in [0.1, 0.15) is 30.7 Å². The van der Waals surface area contributed by atoms with Gasteiger partial charge in [0.25, 0.3) is 0 Å². The van der Waals surface area contributed by atoms with E-state index in [4.69, 9.17) is 0 Å². The predicted octanol–water partition coefficient (Wildman–Crippen LogP) is 17.3. The van der Waals surface area contributed by atoms with Gasteiger partial charge < -0.3 is 9.47 Å². The second-order valence-electron chi connectivity index (χ2n) is 14.8. The van der Waals surface area contributed by atoms with Crippen LogP contribution in [0.25, 0.3) is 77.0 Å². The molecular formula is C58H48N2S. The van der Waals surface area contributed by atoms with Crippen LogP contribution in [0.5, 0.6) is 0 Å². The Morgan fingerprint density at radius 2 is 1.02 bits per heavy atom. The zero-order valence-corrected chi connectivity index (χ0v) is 35.6. The number of thiophene rings is 1. The van der Waals surface area contributed by atoms with E-state index in [1.54, 1.807) is 0 Å². The standard InChI is InChI=1S/C54H38N2S.C2H6.C2H4/c1-3-17-37(18-4-1)41-21-7-8-23-43(41)44-24-10-14-28-50(44)55(39-19-5-2-6-20-39)49-27-13-9-22-42(49)38-31-34-52-48(35-38)45-25-11-15-29-51(45)56(52)40-32-33-47-46-26-12-16-30-53(46)57-54(47)36-40;2*1-2/h1-31,34-36H,32-33H2;1-2H3;1-2H2. The van der Waals surface area contributed by atoms with E-state index < -0.39 is 0 Å². The summed E-state index contributed by atoms with van der Waals surface area (Å²) in [5.41, 5.74) is 15.9. The highest BCUT2D eigenvalue weighted by Crippen LogP contribution is 2.47. The van der Waals surface area contributed by atoms with Crippen molar-refractivity contribution >= 4 is 72.1 Å². The maximum Gasteiger partial charge on any atom is 0.0540 e. The van der Waals surface area contributed by atoms with Crippen LogP contribution >= 0.6 is 11.3 Å². The molecular weight excluding hydrogens is 757 g/mol. The second kappa shape index (κ2) is 17.6. The molecule has 61 heavy (non-hydrogen) atoms. The summed E-state index contributed by atoms with van der Waals surface area (Å²) in [5.74, 6) is 0. The van der Waals surface area contributed by atoms with Crippen LogP contribution in [0.4, 0.5) is 17.1 Å². The van der Waals surface area contributed by atoms with Crippen molar-refractivity contribution in [3.8, 4) is 33.4 Å². The lowest BCUT2D eigenvalue weighted by atomic mass is 9.92.